The molecule has 0 fully saturated rings. The number of alkyl halides is 3. The minimum Gasteiger partial charge on any atom is -0.467 e. The SMILES string of the molecule is COc1nn(C)c(=O)n1-c1c(C)cccc1CO/N=C(\C)c1cc(C(F)(F)F)ccn1. The van der Waals surface area contributed by atoms with E-state index in [1.54, 1.807) is 12.1 Å². The van der Waals surface area contributed by atoms with Crippen LogP contribution >= 0.6 is 0 Å². The van der Waals surface area contributed by atoms with Crippen molar-refractivity contribution in [1.82, 2.24) is 19.3 Å². The molecule has 0 aliphatic heterocycles. The average molecular weight is 435 g/mol. The molecule has 0 spiro atoms. The summed E-state index contributed by atoms with van der Waals surface area (Å²) in [5.74, 6) is 0. The van der Waals surface area contributed by atoms with Crippen LogP contribution in [0.4, 0.5) is 13.2 Å². The molecule has 0 unspecified atom stereocenters. The van der Waals surface area contributed by atoms with Gasteiger partial charge in [-0.3, -0.25) is 4.98 Å². The fourth-order valence-electron chi connectivity index (χ4n) is 2.97. The summed E-state index contributed by atoms with van der Waals surface area (Å²) in [5.41, 5.74) is 0.913. The number of aromatic nitrogens is 4. The van der Waals surface area contributed by atoms with E-state index in [0.29, 0.717) is 11.3 Å². The van der Waals surface area contributed by atoms with Gasteiger partial charge in [0, 0.05) is 18.8 Å². The van der Waals surface area contributed by atoms with Gasteiger partial charge >= 0.3 is 17.9 Å². The van der Waals surface area contributed by atoms with Crippen molar-refractivity contribution in [2.45, 2.75) is 26.6 Å². The molecule has 3 rings (SSSR count). The van der Waals surface area contributed by atoms with Gasteiger partial charge in [-0.05, 0) is 31.5 Å². The van der Waals surface area contributed by atoms with Crippen LogP contribution in [0, 0.1) is 6.92 Å². The molecule has 0 atom stereocenters. The van der Waals surface area contributed by atoms with Gasteiger partial charge in [0.25, 0.3) is 0 Å². The highest BCUT2D eigenvalue weighted by atomic mass is 19.4. The van der Waals surface area contributed by atoms with E-state index in [9.17, 15) is 18.0 Å². The average Bonchev–Trinajstić information content (AvgIpc) is 3.01. The van der Waals surface area contributed by atoms with Crippen molar-refractivity contribution in [2.24, 2.45) is 12.2 Å². The molecule has 31 heavy (non-hydrogen) atoms. The van der Waals surface area contributed by atoms with E-state index in [-0.39, 0.29) is 24.0 Å². The molecule has 0 radical (unpaired) electrons. The Morgan fingerprint density at radius 1 is 1.26 bits per heavy atom. The number of hydrogen-bond donors (Lipinski definition) is 0. The van der Waals surface area contributed by atoms with E-state index in [1.165, 1.54) is 25.6 Å². The van der Waals surface area contributed by atoms with Crippen LogP contribution in [0.25, 0.3) is 5.69 Å². The second kappa shape index (κ2) is 8.62. The minimum absolute atomic E-state index is 0.0438. The first-order chi connectivity index (χ1) is 14.6. The van der Waals surface area contributed by atoms with Crippen LogP contribution in [-0.4, -0.2) is 32.2 Å². The number of pyridine rings is 1. The van der Waals surface area contributed by atoms with Crippen molar-refractivity contribution >= 4 is 5.71 Å². The van der Waals surface area contributed by atoms with E-state index in [4.69, 9.17) is 9.57 Å². The first-order valence-corrected chi connectivity index (χ1v) is 9.12. The Labute approximate surface area is 175 Å². The molecule has 0 saturated heterocycles. The van der Waals surface area contributed by atoms with Crippen LogP contribution in [-0.2, 0) is 24.7 Å². The quantitative estimate of drug-likeness (QED) is 0.439. The van der Waals surface area contributed by atoms with Crippen LogP contribution in [0.5, 0.6) is 6.01 Å². The standard InChI is InChI=1S/C20H20F3N5O3/c1-12-6-5-7-14(17(12)28-18(30-4)25-27(3)19(28)29)11-31-26-13(2)16-10-15(8-9-24-16)20(21,22)23/h5-10H,11H2,1-4H3/b26-13+. The molecule has 0 aliphatic carbocycles. The zero-order chi connectivity index (χ0) is 22.8. The molecule has 164 valence electrons. The highest BCUT2D eigenvalue weighted by Gasteiger charge is 2.30. The van der Waals surface area contributed by atoms with Gasteiger partial charge in [-0.1, -0.05) is 23.4 Å². The number of methoxy groups -OCH3 is 1. The maximum atomic E-state index is 12.9. The Bertz CT molecular complexity index is 1180. The van der Waals surface area contributed by atoms with E-state index in [0.717, 1.165) is 28.6 Å². The van der Waals surface area contributed by atoms with Crippen molar-refractivity contribution in [3.63, 3.8) is 0 Å². The number of hydrogen-bond acceptors (Lipinski definition) is 6. The lowest BCUT2D eigenvalue weighted by molar-refractivity contribution is -0.137. The van der Waals surface area contributed by atoms with E-state index in [2.05, 4.69) is 15.2 Å². The van der Waals surface area contributed by atoms with Crippen LogP contribution in [0.1, 0.15) is 29.3 Å². The zero-order valence-corrected chi connectivity index (χ0v) is 17.3. The summed E-state index contributed by atoms with van der Waals surface area (Å²) in [5, 5.41) is 7.93. The molecule has 11 heteroatoms. The number of rotatable bonds is 6. The van der Waals surface area contributed by atoms with Gasteiger partial charge in [0.2, 0.25) is 0 Å². The summed E-state index contributed by atoms with van der Waals surface area (Å²) in [4.78, 5) is 21.8. The zero-order valence-electron chi connectivity index (χ0n) is 17.3. The third kappa shape index (κ3) is 4.60. The molecule has 3 aromatic rings. The van der Waals surface area contributed by atoms with Gasteiger partial charge < -0.3 is 9.57 Å². The summed E-state index contributed by atoms with van der Waals surface area (Å²) < 4.78 is 46.4. The van der Waals surface area contributed by atoms with Gasteiger partial charge in [-0.25, -0.2) is 14.0 Å². The lowest BCUT2D eigenvalue weighted by Gasteiger charge is -2.13. The van der Waals surface area contributed by atoms with Crippen LogP contribution in [0.3, 0.4) is 0 Å². The molecular formula is C20H20F3N5O3. The van der Waals surface area contributed by atoms with Gasteiger partial charge in [-0.2, -0.15) is 13.2 Å². The lowest BCUT2D eigenvalue weighted by Crippen LogP contribution is -2.23. The molecule has 0 amide bonds. The van der Waals surface area contributed by atoms with Crippen molar-refractivity contribution in [2.75, 3.05) is 7.11 Å². The molecule has 0 N–H and O–H groups in total. The van der Waals surface area contributed by atoms with E-state index >= 15 is 0 Å². The Morgan fingerprint density at radius 2 is 2.00 bits per heavy atom. The number of benzene rings is 1. The molecule has 1 aromatic carbocycles. The Kier molecular flexibility index (Phi) is 6.14. The van der Waals surface area contributed by atoms with Crippen molar-refractivity contribution < 1.29 is 22.7 Å². The lowest BCUT2D eigenvalue weighted by atomic mass is 10.1. The largest absolute Gasteiger partial charge is 0.467 e. The van der Waals surface area contributed by atoms with Gasteiger partial charge in [0.05, 0.1) is 24.1 Å². The van der Waals surface area contributed by atoms with Gasteiger partial charge in [0.15, 0.2) is 0 Å². The Balaban J connectivity index is 1.89. The minimum atomic E-state index is -4.48. The first-order valence-electron chi connectivity index (χ1n) is 9.12. The van der Waals surface area contributed by atoms with Crippen LogP contribution in [0.15, 0.2) is 46.5 Å². The molecule has 0 saturated carbocycles. The maximum Gasteiger partial charge on any atom is 0.416 e. The predicted molar refractivity (Wildman–Crippen MR) is 106 cm³/mol. The molecule has 0 aliphatic rings. The smallest absolute Gasteiger partial charge is 0.416 e. The molecule has 0 bridgehead atoms. The highest BCUT2D eigenvalue weighted by molar-refractivity contribution is 5.96. The Morgan fingerprint density at radius 3 is 2.68 bits per heavy atom. The summed E-state index contributed by atoms with van der Waals surface area (Å²) in [7, 11) is 2.91. The Hall–Kier alpha value is -3.63. The highest BCUT2D eigenvalue weighted by Crippen LogP contribution is 2.29. The summed E-state index contributed by atoms with van der Waals surface area (Å²) in [6.45, 7) is 3.27. The maximum absolute atomic E-state index is 12.9. The monoisotopic (exact) mass is 435 g/mol. The number of ether oxygens (including phenoxy) is 1. The number of nitrogens with zero attached hydrogens (tertiary/aromatic N) is 5. The number of aryl methyl sites for hydroxylation is 2. The third-order valence-corrected chi connectivity index (χ3v) is 4.50. The van der Waals surface area contributed by atoms with Gasteiger partial charge in [0.1, 0.15) is 12.3 Å². The normalized spacial score (nSPS) is 12.2. The summed E-state index contributed by atoms with van der Waals surface area (Å²) in [6.07, 6.45) is -3.41. The topological polar surface area (TPSA) is 83.5 Å². The predicted octanol–water partition coefficient (Wildman–Crippen LogP) is 3.24. The number of para-hydroxylation sites is 1. The fourth-order valence-corrected chi connectivity index (χ4v) is 2.97. The van der Waals surface area contributed by atoms with Crippen molar-refractivity contribution in [1.29, 1.82) is 0 Å². The third-order valence-electron chi connectivity index (χ3n) is 4.50. The van der Waals surface area contributed by atoms with Crippen LogP contribution in [0.2, 0.25) is 0 Å². The van der Waals surface area contributed by atoms with Crippen LogP contribution < -0.4 is 10.4 Å². The number of halogens is 3. The molecular weight excluding hydrogens is 415 g/mol. The summed E-state index contributed by atoms with van der Waals surface area (Å²) >= 11 is 0. The summed E-state index contributed by atoms with van der Waals surface area (Å²) in [6, 6.07) is 7.25. The van der Waals surface area contributed by atoms with Crippen molar-refractivity contribution in [3.05, 3.63) is 69.4 Å². The molecule has 2 aromatic heterocycles. The van der Waals surface area contributed by atoms with E-state index in [1.807, 2.05) is 13.0 Å². The molecule has 8 nitrogen and oxygen atoms in total. The second-order valence-electron chi connectivity index (χ2n) is 6.69. The first kappa shape index (κ1) is 22.1. The number of oxime groups is 1. The second-order valence-corrected chi connectivity index (χ2v) is 6.69. The fraction of sp³-hybridized carbons (Fsp3) is 0.300. The molecule has 2 heterocycles. The van der Waals surface area contributed by atoms with Gasteiger partial charge in [-0.15, -0.1) is 5.10 Å². The van der Waals surface area contributed by atoms with Crippen molar-refractivity contribution in [3.8, 4) is 11.7 Å². The van der Waals surface area contributed by atoms with E-state index < -0.39 is 17.4 Å².